The van der Waals surface area contributed by atoms with Crippen LogP contribution in [0.3, 0.4) is 0 Å². The Balaban J connectivity index is 2.17. The van der Waals surface area contributed by atoms with Crippen LogP contribution in [0, 0.1) is 3.70 Å². The normalized spacial score (nSPS) is 13.2. The number of carbonyl (C=O) groups is 1. The summed E-state index contributed by atoms with van der Waals surface area (Å²) in [6, 6.07) is 3.39. The second kappa shape index (κ2) is 6.20. The minimum absolute atomic E-state index is 0.396. The summed E-state index contributed by atoms with van der Waals surface area (Å²) in [5.41, 5.74) is 1.17. The van der Waals surface area contributed by atoms with Gasteiger partial charge in [-0.25, -0.2) is 4.98 Å². The van der Waals surface area contributed by atoms with E-state index in [1.54, 1.807) is 31.5 Å². The van der Waals surface area contributed by atoms with Crippen LogP contribution >= 0.6 is 22.6 Å². The number of rotatable bonds is 4. The Bertz CT molecular complexity index is 623. The van der Waals surface area contributed by atoms with Crippen LogP contribution in [0.5, 0.6) is 0 Å². The molecule has 0 saturated carbocycles. The van der Waals surface area contributed by atoms with Gasteiger partial charge in [0.2, 0.25) is 0 Å². The number of pyridine rings is 1. The molecular formula is C12H13IN4O2. The predicted molar refractivity (Wildman–Crippen MR) is 78.2 cm³/mol. The van der Waals surface area contributed by atoms with Crippen molar-refractivity contribution in [3.8, 4) is 0 Å². The van der Waals surface area contributed by atoms with E-state index < -0.39 is 12.1 Å². The van der Waals surface area contributed by atoms with E-state index >= 15 is 0 Å². The molecule has 0 aliphatic carbocycles. The molecule has 0 N–H and O–H groups in total. The number of imidazole rings is 1. The van der Waals surface area contributed by atoms with Gasteiger partial charge in [-0.3, -0.25) is 9.20 Å². The van der Waals surface area contributed by atoms with Crippen LogP contribution in [0.25, 0.3) is 5.65 Å². The third kappa shape index (κ3) is 3.35. The Morgan fingerprint density at radius 1 is 1.63 bits per heavy atom. The van der Waals surface area contributed by atoms with Crippen molar-refractivity contribution in [3.05, 3.63) is 33.8 Å². The third-order valence-corrected chi connectivity index (χ3v) is 3.23. The molecule has 0 aliphatic heterocycles. The predicted octanol–water partition coefficient (Wildman–Crippen LogP) is 2.91. The quantitative estimate of drug-likeness (QED) is 0.612. The van der Waals surface area contributed by atoms with E-state index in [0.29, 0.717) is 17.8 Å². The summed E-state index contributed by atoms with van der Waals surface area (Å²) in [6.07, 6.45) is 3.12. The first-order chi connectivity index (χ1) is 9.11. The van der Waals surface area contributed by atoms with E-state index in [9.17, 15) is 4.79 Å². The lowest BCUT2D eigenvalue weighted by molar-refractivity contribution is 0.0741. The molecule has 2 rings (SSSR count). The SMILES string of the molecule is CCOC(C)/N=N/C(=O)c1ccn2c(I)cnc2c1. The highest BCUT2D eigenvalue weighted by atomic mass is 127. The van der Waals surface area contributed by atoms with Gasteiger partial charge >= 0.3 is 0 Å². The summed E-state index contributed by atoms with van der Waals surface area (Å²) in [4.78, 5) is 16.0. The van der Waals surface area contributed by atoms with Crippen molar-refractivity contribution < 1.29 is 9.53 Å². The van der Waals surface area contributed by atoms with Crippen LogP contribution in [0.15, 0.2) is 34.8 Å². The van der Waals surface area contributed by atoms with Gasteiger partial charge < -0.3 is 4.74 Å². The van der Waals surface area contributed by atoms with Gasteiger partial charge in [0.25, 0.3) is 5.91 Å². The zero-order valence-electron chi connectivity index (χ0n) is 10.6. The Kier molecular flexibility index (Phi) is 4.59. The molecule has 0 fully saturated rings. The van der Waals surface area contributed by atoms with E-state index in [0.717, 1.165) is 3.70 Å². The second-order valence-corrected chi connectivity index (χ2v) is 4.91. The van der Waals surface area contributed by atoms with Crippen LogP contribution in [0.1, 0.15) is 24.2 Å². The molecule has 1 amide bonds. The van der Waals surface area contributed by atoms with Crippen LogP contribution in [0.2, 0.25) is 0 Å². The molecule has 19 heavy (non-hydrogen) atoms. The van der Waals surface area contributed by atoms with Crippen LogP contribution < -0.4 is 0 Å². The number of halogens is 1. The van der Waals surface area contributed by atoms with Crippen molar-refractivity contribution in [2.75, 3.05) is 6.61 Å². The first-order valence-electron chi connectivity index (χ1n) is 5.81. The van der Waals surface area contributed by atoms with Crippen molar-refractivity contribution in [1.82, 2.24) is 9.38 Å². The topological polar surface area (TPSA) is 68.3 Å². The van der Waals surface area contributed by atoms with Crippen molar-refractivity contribution in [1.29, 1.82) is 0 Å². The van der Waals surface area contributed by atoms with Gasteiger partial charge in [-0.1, -0.05) is 0 Å². The molecule has 0 bridgehead atoms. The van der Waals surface area contributed by atoms with Gasteiger partial charge in [-0.2, -0.15) is 5.11 Å². The second-order valence-electron chi connectivity index (χ2n) is 3.80. The Morgan fingerprint density at radius 2 is 2.42 bits per heavy atom. The Morgan fingerprint density at radius 3 is 3.16 bits per heavy atom. The molecule has 7 heteroatoms. The van der Waals surface area contributed by atoms with Crippen LogP contribution in [-0.2, 0) is 4.74 Å². The number of amides is 1. The molecule has 2 aromatic heterocycles. The number of ether oxygens (including phenoxy) is 1. The zero-order valence-corrected chi connectivity index (χ0v) is 12.7. The molecular weight excluding hydrogens is 359 g/mol. The first-order valence-corrected chi connectivity index (χ1v) is 6.89. The third-order valence-electron chi connectivity index (χ3n) is 2.43. The van der Waals surface area contributed by atoms with Gasteiger partial charge in [0.1, 0.15) is 9.35 Å². The molecule has 0 radical (unpaired) electrons. The number of aromatic nitrogens is 2. The molecule has 0 aliphatic rings. The summed E-state index contributed by atoms with van der Waals surface area (Å²) in [5.74, 6) is -0.396. The lowest BCUT2D eigenvalue weighted by Gasteiger charge is -2.03. The Hall–Kier alpha value is -1.35. The van der Waals surface area contributed by atoms with E-state index in [2.05, 4.69) is 37.8 Å². The van der Waals surface area contributed by atoms with Crippen molar-refractivity contribution in [3.63, 3.8) is 0 Å². The summed E-state index contributed by atoms with van der Waals surface area (Å²) < 4.78 is 8.04. The van der Waals surface area contributed by atoms with Gasteiger partial charge in [-0.15, -0.1) is 5.11 Å². The molecule has 0 aromatic carbocycles. The lowest BCUT2D eigenvalue weighted by atomic mass is 10.2. The number of nitrogens with zero attached hydrogens (tertiary/aromatic N) is 4. The number of carbonyl (C=O) groups excluding carboxylic acids is 1. The zero-order chi connectivity index (χ0) is 13.8. The van der Waals surface area contributed by atoms with Crippen molar-refractivity contribution in [2.45, 2.75) is 20.1 Å². The van der Waals surface area contributed by atoms with E-state index in [4.69, 9.17) is 4.74 Å². The smallest absolute Gasteiger partial charge is 0.295 e. The van der Waals surface area contributed by atoms with Crippen LogP contribution in [0.4, 0.5) is 0 Å². The first kappa shape index (κ1) is 14.1. The number of azo groups is 1. The van der Waals surface area contributed by atoms with Crippen LogP contribution in [-0.4, -0.2) is 28.1 Å². The highest BCUT2D eigenvalue weighted by Gasteiger charge is 2.08. The minimum Gasteiger partial charge on any atom is -0.355 e. The molecule has 6 nitrogen and oxygen atoms in total. The van der Waals surface area contributed by atoms with Gasteiger partial charge in [0.15, 0.2) is 6.23 Å². The highest BCUT2D eigenvalue weighted by molar-refractivity contribution is 14.1. The largest absolute Gasteiger partial charge is 0.355 e. The highest BCUT2D eigenvalue weighted by Crippen LogP contribution is 2.12. The molecule has 100 valence electrons. The molecule has 0 spiro atoms. The molecule has 1 unspecified atom stereocenters. The van der Waals surface area contributed by atoms with Crippen molar-refractivity contribution in [2.24, 2.45) is 10.2 Å². The average molecular weight is 372 g/mol. The maximum atomic E-state index is 11.8. The molecule has 1 atom stereocenters. The standard InChI is InChI=1S/C12H13IN4O2/c1-3-19-8(2)15-16-12(18)9-4-5-17-10(13)7-14-11(17)6-9/h4-8H,3H2,1-2H3/b16-15+. The fourth-order valence-corrected chi connectivity index (χ4v) is 2.10. The summed E-state index contributed by atoms with van der Waals surface area (Å²) >= 11 is 2.17. The van der Waals surface area contributed by atoms with Gasteiger partial charge in [0.05, 0.1) is 6.20 Å². The fourth-order valence-electron chi connectivity index (χ4n) is 1.55. The minimum atomic E-state index is -0.412. The van der Waals surface area contributed by atoms with E-state index in [-0.39, 0.29) is 0 Å². The number of hydrogen-bond donors (Lipinski definition) is 0. The fraction of sp³-hybridized carbons (Fsp3) is 0.333. The van der Waals surface area contributed by atoms with Gasteiger partial charge in [0, 0.05) is 18.4 Å². The average Bonchev–Trinajstić information content (AvgIpc) is 2.77. The summed E-state index contributed by atoms with van der Waals surface area (Å²) in [7, 11) is 0. The monoisotopic (exact) mass is 372 g/mol. The van der Waals surface area contributed by atoms with E-state index in [1.807, 2.05) is 11.3 Å². The summed E-state index contributed by atoms with van der Waals surface area (Å²) in [5, 5.41) is 7.45. The molecule has 2 heterocycles. The maximum Gasteiger partial charge on any atom is 0.295 e. The summed E-state index contributed by atoms with van der Waals surface area (Å²) in [6.45, 7) is 4.13. The number of hydrogen-bond acceptors (Lipinski definition) is 4. The Labute approximate surface area is 124 Å². The molecule has 2 aromatic rings. The lowest BCUT2D eigenvalue weighted by Crippen LogP contribution is -2.04. The van der Waals surface area contributed by atoms with Crippen molar-refractivity contribution >= 4 is 34.1 Å². The molecule has 0 saturated heterocycles. The number of fused-ring (bicyclic) bond motifs is 1. The maximum absolute atomic E-state index is 11.8. The van der Waals surface area contributed by atoms with E-state index in [1.165, 1.54) is 0 Å². The van der Waals surface area contributed by atoms with Gasteiger partial charge in [-0.05, 0) is 48.6 Å².